The van der Waals surface area contributed by atoms with Crippen molar-refractivity contribution in [2.45, 2.75) is 45.4 Å². The van der Waals surface area contributed by atoms with Gasteiger partial charge in [-0.05, 0) is 37.5 Å². The number of hydrogen-bond acceptors (Lipinski definition) is 6. The Kier molecular flexibility index (Phi) is 6.06. The number of hydrogen-bond donors (Lipinski definition) is 0. The number of carbonyl (C=O) groups excluding carboxylic acids is 1. The van der Waals surface area contributed by atoms with E-state index in [1.54, 1.807) is 39.5 Å². The highest BCUT2D eigenvalue weighted by molar-refractivity contribution is 6.11. The van der Waals surface area contributed by atoms with Gasteiger partial charge in [0.15, 0.2) is 11.2 Å². The van der Waals surface area contributed by atoms with Crippen molar-refractivity contribution in [3.8, 4) is 22.8 Å². The molecule has 0 fully saturated rings. The average molecular weight is 412 g/mol. The Labute approximate surface area is 176 Å². The van der Waals surface area contributed by atoms with E-state index < -0.39 is 5.41 Å². The van der Waals surface area contributed by atoms with Crippen LogP contribution in [0.5, 0.6) is 11.5 Å². The zero-order chi connectivity index (χ0) is 22.1. The summed E-state index contributed by atoms with van der Waals surface area (Å²) >= 11 is 0. The second-order valence-corrected chi connectivity index (χ2v) is 7.23. The standard InChI is InChI=1S/C24H28O6/c1-7-15-21(26)20-17(25)13-19(16-12-14(27-4)10-11-18(16)28-5)30-23(20)24(8-2,9-3)22(15)29-6/h10-13H,7-9H2,1-6H3. The van der Waals surface area contributed by atoms with Crippen molar-refractivity contribution in [2.24, 2.45) is 0 Å². The lowest BCUT2D eigenvalue weighted by molar-refractivity contribution is 0.0975. The number of methoxy groups -OCH3 is 3. The molecule has 0 atom stereocenters. The molecule has 1 heterocycles. The van der Waals surface area contributed by atoms with Gasteiger partial charge in [-0.1, -0.05) is 20.8 Å². The molecule has 1 aromatic carbocycles. The molecule has 30 heavy (non-hydrogen) atoms. The summed E-state index contributed by atoms with van der Waals surface area (Å²) in [4.78, 5) is 26.4. The molecule has 0 unspecified atom stereocenters. The van der Waals surface area contributed by atoms with E-state index in [-0.39, 0.29) is 16.8 Å². The van der Waals surface area contributed by atoms with E-state index in [4.69, 9.17) is 18.6 Å². The third-order valence-corrected chi connectivity index (χ3v) is 6.03. The maximum atomic E-state index is 13.2. The van der Waals surface area contributed by atoms with Crippen LogP contribution >= 0.6 is 0 Å². The van der Waals surface area contributed by atoms with E-state index in [9.17, 15) is 9.59 Å². The summed E-state index contributed by atoms with van der Waals surface area (Å²) in [6.07, 6.45) is 1.73. The van der Waals surface area contributed by atoms with Gasteiger partial charge in [0.05, 0.1) is 32.3 Å². The highest BCUT2D eigenvalue weighted by Gasteiger charge is 2.47. The molecule has 1 aliphatic rings. The zero-order valence-corrected chi connectivity index (χ0v) is 18.4. The number of ether oxygens (including phenoxy) is 3. The SMILES string of the molecule is CCC1=C(OC)C(CC)(CC)c2oc(-c3cc(OC)ccc3OC)cc(=O)c2C1=O. The normalized spacial score (nSPS) is 15.1. The van der Waals surface area contributed by atoms with Gasteiger partial charge >= 0.3 is 0 Å². The van der Waals surface area contributed by atoms with Gasteiger partial charge in [-0.25, -0.2) is 0 Å². The molecule has 6 nitrogen and oxygen atoms in total. The number of Topliss-reactive ketones (excluding diaryl/α,β-unsaturated/α-hetero) is 1. The van der Waals surface area contributed by atoms with Crippen LogP contribution in [0.15, 0.2) is 44.8 Å². The van der Waals surface area contributed by atoms with Crippen molar-refractivity contribution >= 4 is 5.78 Å². The first-order valence-electron chi connectivity index (χ1n) is 10.2. The van der Waals surface area contributed by atoms with Gasteiger partial charge in [-0.3, -0.25) is 9.59 Å². The molecule has 0 radical (unpaired) electrons. The number of fused-ring (bicyclic) bond motifs is 1. The first-order valence-corrected chi connectivity index (χ1v) is 10.2. The Balaban J connectivity index is 2.38. The molecule has 6 heteroatoms. The predicted molar refractivity (Wildman–Crippen MR) is 114 cm³/mol. The van der Waals surface area contributed by atoms with Crippen LogP contribution in [0.25, 0.3) is 11.3 Å². The van der Waals surface area contributed by atoms with Gasteiger partial charge in [0.25, 0.3) is 0 Å². The number of carbonyl (C=O) groups is 1. The van der Waals surface area contributed by atoms with E-state index in [2.05, 4.69) is 0 Å². The Morgan fingerprint density at radius 3 is 2.17 bits per heavy atom. The molecular formula is C24H28O6. The minimum Gasteiger partial charge on any atom is -0.500 e. The van der Waals surface area contributed by atoms with Gasteiger partial charge in [0.1, 0.15) is 34.3 Å². The van der Waals surface area contributed by atoms with E-state index in [0.717, 1.165) is 0 Å². The summed E-state index contributed by atoms with van der Waals surface area (Å²) in [7, 11) is 4.68. The Hall–Kier alpha value is -3.02. The van der Waals surface area contributed by atoms with Crippen LogP contribution in [0, 0.1) is 0 Å². The lowest BCUT2D eigenvalue weighted by Gasteiger charge is -2.37. The molecule has 0 N–H and O–H groups in total. The van der Waals surface area contributed by atoms with Crippen LogP contribution in [-0.4, -0.2) is 27.1 Å². The quantitative estimate of drug-likeness (QED) is 0.645. The summed E-state index contributed by atoms with van der Waals surface area (Å²) in [5, 5.41) is 0. The van der Waals surface area contributed by atoms with Gasteiger partial charge in [-0.2, -0.15) is 0 Å². The van der Waals surface area contributed by atoms with Gasteiger partial charge in [-0.15, -0.1) is 0 Å². The lowest BCUT2D eigenvalue weighted by atomic mass is 9.69. The highest BCUT2D eigenvalue weighted by atomic mass is 16.5. The van der Waals surface area contributed by atoms with Crippen LogP contribution < -0.4 is 14.9 Å². The van der Waals surface area contributed by atoms with Crippen LogP contribution in [0.4, 0.5) is 0 Å². The zero-order valence-electron chi connectivity index (χ0n) is 18.4. The van der Waals surface area contributed by atoms with Gasteiger partial charge in [0.2, 0.25) is 0 Å². The van der Waals surface area contributed by atoms with Crippen molar-refractivity contribution in [3.05, 3.63) is 57.1 Å². The molecule has 160 valence electrons. The van der Waals surface area contributed by atoms with E-state index >= 15 is 0 Å². The van der Waals surface area contributed by atoms with Crippen LogP contribution in [0.3, 0.4) is 0 Å². The van der Waals surface area contributed by atoms with Crippen molar-refractivity contribution in [2.75, 3.05) is 21.3 Å². The van der Waals surface area contributed by atoms with Crippen LogP contribution in [0.1, 0.15) is 56.2 Å². The fraction of sp³-hybridized carbons (Fsp3) is 0.417. The Morgan fingerprint density at radius 1 is 0.933 bits per heavy atom. The fourth-order valence-electron chi connectivity index (χ4n) is 4.36. The summed E-state index contributed by atoms with van der Waals surface area (Å²) in [6, 6.07) is 6.62. The molecule has 0 bridgehead atoms. The monoisotopic (exact) mass is 412 g/mol. The smallest absolute Gasteiger partial charge is 0.199 e. The predicted octanol–water partition coefficient (Wildman–Crippen LogP) is 4.89. The van der Waals surface area contributed by atoms with Crippen LogP contribution in [0.2, 0.25) is 0 Å². The summed E-state index contributed by atoms with van der Waals surface area (Å²) in [5.41, 5.74) is 0.155. The second-order valence-electron chi connectivity index (χ2n) is 7.23. The second kappa shape index (κ2) is 8.38. The van der Waals surface area contributed by atoms with Crippen molar-refractivity contribution in [3.63, 3.8) is 0 Å². The maximum absolute atomic E-state index is 13.2. The third kappa shape index (κ3) is 3.11. The number of allylic oxidation sites excluding steroid dienone is 2. The molecule has 3 rings (SSSR count). The Morgan fingerprint density at radius 2 is 1.63 bits per heavy atom. The fourth-order valence-corrected chi connectivity index (χ4v) is 4.36. The Bertz CT molecular complexity index is 1060. The summed E-state index contributed by atoms with van der Waals surface area (Å²) < 4.78 is 22.9. The molecular weight excluding hydrogens is 384 g/mol. The minimum atomic E-state index is -0.690. The topological polar surface area (TPSA) is 75.0 Å². The lowest BCUT2D eigenvalue weighted by Crippen LogP contribution is -2.39. The third-order valence-electron chi connectivity index (χ3n) is 6.03. The van der Waals surface area contributed by atoms with Crippen molar-refractivity contribution < 1.29 is 23.4 Å². The van der Waals surface area contributed by atoms with Crippen molar-refractivity contribution in [1.29, 1.82) is 0 Å². The molecule has 0 saturated carbocycles. The number of benzene rings is 1. The average Bonchev–Trinajstić information content (AvgIpc) is 2.78. The molecule has 0 aliphatic heterocycles. The van der Waals surface area contributed by atoms with Gasteiger partial charge in [0, 0.05) is 11.6 Å². The van der Waals surface area contributed by atoms with E-state index in [1.807, 2.05) is 20.8 Å². The minimum absolute atomic E-state index is 0.0990. The molecule has 0 saturated heterocycles. The largest absolute Gasteiger partial charge is 0.500 e. The van der Waals surface area contributed by atoms with E-state index in [0.29, 0.717) is 59.2 Å². The highest BCUT2D eigenvalue weighted by Crippen LogP contribution is 2.47. The molecule has 0 spiro atoms. The molecule has 2 aromatic rings. The number of ketones is 1. The van der Waals surface area contributed by atoms with Crippen molar-refractivity contribution in [1.82, 2.24) is 0 Å². The summed E-state index contributed by atoms with van der Waals surface area (Å²) in [5.74, 6) is 2.09. The maximum Gasteiger partial charge on any atom is 0.199 e. The molecule has 1 aliphatic carbocycles. The van der Waals surface area contributed by atoms with E-state index in [1.165, 1.54) is 6.07 Å². The van der Waals surface area contributed by atoms with Crippen LogP contribution in [-0.2, 0) is 10.2 Å². The number of rotatable bonds is 7. The van der Waals surface area contributed by atoms with Gasteiger partial charge < -0.3 is 18.6 Å². The molecule has 1 aromatic heterocycles. The first-order chi connectivity index (χ1) is 14.4. The molecule has 0 amide bonds. The summed E-state index contributed by atoms with van der Waals surface area (Å²) in [6.45, 7) is 5.91. The first kappa shape index (κ1) is 21.7.